The number of rotatable bonds is 6. The summed E-state index contributed by atoms with van der Waals surface area (Å²) < 4.78 is 40.2. The largest absolute Gasteiger partial charge is 0.473 e. The Morgan fingerprint density at radius 2 is 2.10 bits per heavy atom. The number of nitrogens with zero attached hydrogens (tertiary/aromatic N) is 4. The number of carbonyl (C=O) groups excluding carboxylic acids is 1. The molecule has 0 spiro atoms. The van der Waals surface area contributed by atoms with Crippen molar-refractivity contribution in [3.63, 3.8) is 0 Å². The molecule has 31 heavy (non-hydrogen) atoms. The Hall–Kier alpha value is -3.18. The Morgan fingerprint density at radius 1 is 1.29 bits per heavy atom. The van der Waals surface area contributed by atoms with E-state index in [2.05, 4.69) is 30.2 Å². The molecule has 1 saturated carbocycles. The fourth-order valence-corrected chi connectivity index (χ4v) is 3.73. The molecule has 0 bridgehead atoms. The molecule has 168 valence electrons. The molecule has 0 aromatic carbocycles. The summed E-state index contributed by atoms with van der Waals surface area (Å²) in [6, 6.07) is 1.28. The number of amides is 1. The lowest BCUT2D eigenvalue weighted by Crippen LogP contribution is -2.44. The number of aromatic nitrogens is 4. The van der Waals surface area contributed by atoms with Gasteiger partial charge in [0.05, 0.1) is 12.4 Å². The second-order valence-corrected chi connectivity index (χ2v) is 8.56. The summed E-state index contributed by atoms with van der Waals surface area (Å²) in [4.78, 5) is 22.4. The lowest BCUT2D eigenvalue weighted by atomic mass is 9.73. The molecule has 2 fully saturated rings. The lowest BCUT2D eigenvalue weighted by molar-refractivity contribution is -0.0528. The van der Waals surface area contributed by atoms with Crippen LogP contribution in [0.3, 0.4) is 0 Å². The van der Waals surface area contributed by atoms with Gasteiger partial charge >= 0.3 is 12.7 Å². The maximum absolute atomic E-state index is 12.3. The van der Waals surface area contributed by atoms with E-state index in [9.17, 15) is 13.6 Å². The molecule has 4 rings (SSSR count). The highest BCUT2D eigenvalue weighted by Gasteiger charge is 2.50. The first-order valence-corrected chi connectivity index (χ1v) is 9.90. The summed E-state index contributed by atoms with van der Waals surface area (Å²) in [5.41, 5.74) is -0.529. The molecule has 3 heterocycles. The standard InChI is InChI=1S/C19H24F2N6O4/c1-19(2,3)31-18(28)27-8-10-4-12(11(10)9-27)29-16-7-22-6-14(24-16)23-13-5-15(26-25-13)30-17(20)21/h5-7,10-12,17H,4,8-9H2,1-3H3,(H2,23,24,25,26). The summed E-state index contributed by atoms with van der Waals surface area (Å²) >= 11 is 0. The van der Waals surface area contributed by atoms with Crippen molar-refractivity contribution in [3.05, 3.63) is 18.5 Å². The fourth-order valence-electron chi connectivity index (χ4n) is 3.73. The van der Waals surface area contributed by atoms with Crippen LogP contribution < -0.4 is 14.8 Å². The van der Waals surface area contributed by atoms with Crippen LogP contribution in [0.1, 0.15) is 27.2 Å². The van der Waals surface area contributed by atoms with Gasteiger partial charge in [0, 0.05) is 25.1 Å². The molecule has 1 amide bonds. The SMILES string of the molecule is CC(C)(C)OC(=O)N1CC2CC(Oc3cncc(Nc4cc(OC(F)F)[nH]n4)n3)C2C1. The first kappa shape index (κ1) is 21.1. The predicted octanol–water partition coefficient (Wildman–Crippen LogP) is 3.18. The van der Waals surface area contributed by atoms with E-state index in [1.54, 1.807) is 4.90 Å². The number of likely N-dealkylation sites (tertiary alicyclic amines) is 1. The van der Waals surface area contributed by atoms with E-state index >= 15 is 0 Å². The summed E-state index contributed by atoms with van der Waals surface area (Å²) in [5, 5.41) is 9.01. The second kappa shape index (κ2) is 8.16. The molecule has 1 saturated heterocycles. The Bertz CT molecular complexity index is 934. The normalized spacial score (nSPS) is 22.6. The predicted molar refractivity (Wildman–Crippen MR) is 104 cm³/mol. The number of hydrogen-bond acceptors (Lipinski definition) is 8. The highest BCUT2D eigenvalue weighted by molar-refractivity contribution is 5.68. The van der Waals surface area contributed by atoms with Crippen molar-refractivity contribution in [3.8, 4) is 11.8 Å². The smallest absolute Gasteiger partial charge is 0.410 e. The number of fused-ring (bicyclic) bond motifs is 1. The molecule has 3 unspecified atom stereocenters. The molecule has 1 aliphatic carbocycles. The molecule has 2 aliphatic rings. The third-order valence-electron chi connectivity index (χ3n) is 5.07. The topological polar surface area (TPSA) is 114 Å². The molecule has 12 heteroatoms. The van der Waals surface area contributed by atoms with E-state index in [1.165, 1.54) is 18.5 Å². The van der Waals surface area contributed by atoms with E-state index < -0.39 is 12.2 Å². The van der Waals surface area contributed by atoms with Gasteiger partial charge in [-0.2, -0.15) is 18.9 Å². The average Bonchev–Trinajstić information content (AvgIpc) is 3.22. The van der Waals surface area contributed by atoms with Crippen LogP contribution in [0.15, 0.2) is 18.5 Å². The van der Waals surface area contributed by atoms with Crippen molar-refractivity contribution in [2.24, 2.45) is 11.8 Å². The number of H-pyrrole nitrogens is 1. The quantitative estimate of drug-likeness (QED) is 0.707. The number of ether oxygens (including phenoxy) is 3. The summed E-state index contributed by atoms with van der Waals surface area (Å²) in [5.74, 6) is 1.33. The van der Waals surface area contributed by atoms with Crippen molar-refractivity contribution >= 4 is 17.7 Å². The summed E-state index contributed by atoms with van der Waals surface area (Å²) in [6.45, 7) is 3.83. The van der Waals surface area contributed by atoms with Crippen LogP contribution in [0.25, 0.3) is 0 Å². The van der Waals surface area contributed by atoms with Crippen LogP contribution in [-0.4, -0.2) is 62.6 Å². The number of nitrogens with one attached hydrogen (secondary N) is 2. The van der Waals surface area contributed by atoms with Gasteiger partial charge in [0.1, 0.15) is 11.7 Å². The lowest BCUT2D eigenvalue weighted by Gasteiger charge is -2.38. The Balaban J connectivity index is 1.32. The van der Waals surface area contributed by atoms with Gasteiger partial charge in [0.2, 0.25) is 11.8 Å². The third-order valence-corrected chi connectivity index (χ3v) is 5.07. The molecular weight excluding hydrogens is 414 g/mol. The van der Waals surface area contributed by atoms with Crippen molar-refractivity contribution in [2.45, 2.75) is 45.5 Å². The first-order valence-electron chi connectivity index (χ1n) is 9.90. The number of aromatic amines is 1. The number of hydrogen-bond donors (Lipinski definition) is 2. The van der Waals surface area contributed by atoms with Gasteiger partial charge in [-0.25, -0.2) is 9.89 Å². The summed E-state index contributed by atoms with van der Waals surface area (Å²) in [7, 11) is 0. The van der Waals surface area contributed by atoms with Gasteiger partial charge < -0.3 is 24.4 Å². The van der Waals surface area contributed by atoms with Crippen LogP contribution >= 0.6 is 0 Å². The molecule has 10 nitrogen and oxygen atoms in total. The summed E-state index contributed by atoms with van der Waals surface area (Å²) in [6.07, 6.45) is 3.39. The molecular formula is C19H24F2N6O4. The molecule has 2 aromatic rings. The number of halogens is 2. The number of alkyl halides is 2. The van der Waals surface area contributed by atoms with Crippen molar-refractivity contribution in [2.75, 3.05) is 18.4 Å². The van der Waals surface area contributed by atoms with E-state index in [-0.39, 0.29) is 29.8 Å². The minimum absolute atomic E-state index is 0.0709. The maximum Gasteiger partial charge on any atom is 0.410 e. The minimum Gasteiger partial charge on any atom is -0.473 e. The van der Waals surface area contributed by atoms with E-state index in [4.69, 9.17) is 9.47 Å². The molecule has 3 atom stereocenters. The van der Waals surface area contributed by atoms with E-state index in [0.717, 1.165) is 6.42 Å². The fraction of sp³-hybridized carbons (Fsp3) is 0.579. The molecule has 1 aliphatic heterocycles. The van der Waals surface area contributed by atoms with Crippen molar-refractivity contribution in [1.82, 2.24) is 25.1 Å². The van der Waals surface area contributed by atoms with Crippen molar-refractivity contribution < 1.29 is 27.8 Å². The zero-order valence-corrected chi connectivity index (χ0v) is 17.3. The van der Waals surface area contributed by atoms with Gasteiger partial charge in [-0.1, -0.05) is 0 Å². The highest BCUT2D eigenvalue weighted by Crippen LogP contribution is 2.43. The molecule has 2 N–H and O–H groups in total. The van der Waals surface area contributed by atoms with Gasteiger partial charge in [0.25, 0.3) is 0 Å². The monoisotopic (exact) mass is 438 g/mol. The Morgan fingerprint density at radius 3 is 2.84 bits per heavy atom. The third kappa shape index (κ3) is 5.12. The Kier molecular flexibility index (Phi) is 5.54. The van der Waals surface area contributed by atoms with Gasteiger partial charge in [-0.3, -0.25) is 4.98 Å². The van der Waals surface area contributed by atoms with Crippen LogP contribution in [0.4, 0.5) is 25.2 Å². The van der Waals surface area contributed by atoms with Crippen LogP contribution in [0.2, 0.25) is 0 Å². The minimum atomic E-state index is -2.95. The maximum atomic E-state index is 12.3. The highest BCUT2D eigenvalue weighted by atomic mass is 19.3. The number of carbonyl (C=O) groups is 1. The van der Waals surface area contributed by atoms with E-state index in [1.807, 2.05) is 20.8 Å². The van der Waals surface area contributed by atoms with E-state index in [0.29, 0.717) is 30.7 Å². The zero-order valence-electron chi connectivity index (χ0n) is 17.3. The zero-order chi connectivity index (χ0) is 22.2. The average molecular weight is 438 g/mol. The van der Waals surface area contributed by atoms with Crippen molar-refractivity contribution in [1.29, 1.82) is 0 Å². The van der Waals surface area contributed by atoms with Gasteiger partial charge in [-0.15, -0.1) is 0 Å². The van der Waals surface area contributed by atoms with Crippen LogP contribution in [0, 0.1) is 11.8 Å². The molecule has 0 radical (unpaired) electrons. The van der Waals surface area contributed by atoms with Crippen LogP contribution in [0.5, 0.6) is 11.8 Å². The number of anilines is 2. The second-order valence-electron chi connectivity index (χ2n) is 8.56. The van der Waals surface area contributed by atoms with Crippen LogP contribution in [-0.2, 0) is 4.74 Å². The molecule has 2 aromatic heterocycles. The Labute approximate surface area is 177 Å². The first-order chi connectivity index (χ1) is 14.7. The van der Waals surface area contributed by atoms with Gasteiger partial charge in [0.15, 0.2) is 11.6 Å². The van der Waals surface area contributed by atoms with Gasteiger partial charge in [-0.05, 0) is 33.1 Å².